The van der Waals surface area contributed by atoms with Crippen LogP contribution in [0.1, 0.15) is 36.3 Å². The Bertz CT molecular complexity index is 690. The molecule has 0 fully saturated rings. The minimum atomic E-state index is -3.36. The second-order valence-electron chi connectivity index (χ2n) is 5.70. The van der Waals surface area contributed by atoms with E-state index in [1.807, 2.05) is 76.2 Å². The summed E-state index contributed by atoms with van der Waals surface area (Å²) in [4.78, 5) is 0. The Hall–Kier alpha value is -1.61. The summed E-state index contributed by atoms with van der Waals surface area (Å²) in [6, 6.07) is 15.9. The number of hydrogen-bond acceptors (Lipinski definition) is 4. The predicted octanol–water partition coefficient (Wildman–Crippen LogP) is 5.68. The first-order valence-electron chi connectivity index (χ1n) is 8.27. The summed E-state index contributed by atoms with van der Waals surface area (Å²) in [5.41, 5.74) is 4.05. The first kappa shape index (κ1) is 18.7. The minimum absolute atomic E-state index is 0.329. The summed E-state index contributed by atoms with van der Waals surface area (Å²) in [5, 5.41) is 3.35. The highest BCUT2D eigenvalue weighted by atomic mass is 31.2. The van der Waals surface area contributed by atoms with Crippen molar-refractivity contribution in [2.24, 2.45) is 0 Å². The lowest BCUT2D eigenvalue weighted by atomic mass is 10.1. The normalized spacial score (nSPS) is 12.8. The summed E-state index contributed by atoms with van der Waals surface area (Å²) in [6.07, 6.45) is 0. The van der Waals surface area contributed by atoms with Gasteiger partial charge in [0.15, 0.2) is 5.78 Å². The zero-order chi connectivity index (χ0) is 17.6. The van der Waals surface area contributed by atoms with Crippen LogP contribution < -0.4 is 5.32 Å². The van der Waals surface area contributed by atoms with E-state index in [9.17, 15) is 4.57 Å². The van der Waals surface area contributed by atoms with Crippen molar-refractivity contribution in [2.75, 3.05) is 18.5 Å². The van der Waals surface area contributed by atoms with Crippen molar-refractivity contribution in [1.82, 2.24) is 0 Å². The zero-order valence-corrected chi connectivity index (χ0v) is 15.7. The monoisotopic (exact) mass is 347 g/mol. The highest BCUT2D eigenvalue weighted by molar-refractivity contribution is 7.54. The summed E-state index contributed by atoms with van der Waals surface area (Å²) in [5.74, 6) is -0.556. The minimum Gasteiger partial charge on any atom is -0.368 e. The Morgan fingerprint density at radius 3 is 2.12 bits per heavy atom. The molecule has 130 valence electrons. The van der Waals surface area contributed by atoms with Crippen LogP contribution in [-0.4, -0.2) is 13.2 Å². The summed E-state index contributed by atoms with van der Waals surface area (Å²) in [6.45, 7) is 8.35. The van der Waals surface area contributed by atoms with E-state index in [1.54, 1.807) is 0 Å². The van der Waals surface area contributed by atoms with Gasteiger partial charge in [-0.2, -0.15) is 0 Å². The largest absolute Gasteiger partial charge is 0.368 e. The van der Waals surface area contributed by atoms with E-state index in [4.69, 9.17) is 9.05 Å². The predicted molar refractivity (Wildman–Crippen MR) is 99.6 cm³/mol. The van der Waals surface area contributed by atoms with Gasteiger partial charge in [0, 0.05) is 5.69 Å². The van der Waals surface area contributed by atoms with Crippen LogP contribution in [0.2, 0.25) is 0 Å². The summed E-state index contributed by atoms with van der Waals surface area (Å²) in [7, 11) is -3.36. The number of rotatable bonds is 8. The molecule has 0 spiro atoms. The van der Waals surface area contributed by atoms with Gasteiger partial charge in [0.2, 0.25) is 0 Å². The van der Waals surface area contributed by atoms with Gasteiger partial charge in [0.1, 0.15) is 0 Å². The lowest BCUT2D eigenvalue weighted by molar-refractivity contribution is 0.214. The number of aryl methyl sites for hydroxylation is 2. The average Bonchev–Trinajstić information content (AvgIpc) is 2.54. The number of anilines is 1. The van der Waals surface area contributed by atoms with Gasteiger partial charge in [-0.15, -0.1) is 0 Å². The molecule has 0 saturated carbocycles. The van der Waals surface area contributed by atoms with Gasteiger partial charge in [-0.05, 0) is 51.0 Å². The van der Waals surface area contributed by atoms with Crippen molar-refractivity contribution >= 4 is 13.3 Å². The fourth-order valence-electron chi connectivity index (χ4n) is 2.53. The number of hydrogen-bond donors (Lipinski definition) is 1. The standard InChI is InChI=1S/C19H26NO3P/c1-5-22-24(21,23-6-2)19(17-12-10-15(3)11-13-17)20-18-9-7-8-16(4)14-18/h7-14,19-20H,5-6H2,1-4H3. The van der Waals surface area contributed by atoms with Crippen molar-refractivity contribution in [1.29, 1.82) is 0 Å². The summed E-state index contributed by atoms with van der Waals surface area (Å²) < 4.78 is 24.6. The lowest BCUT2D eigenvalue weighted by Gasteiger charge is -2.28. The van der Waals surface area contributed by atoms with Crippen LogP contribution in [0.25, 0.3) is 0 Å². The lowest BCUT2D eigenvalue weighted by Crippen LogP contribution is -2.15. The molecule has 5 heteroatoms. The molecule has 0 aliphatic carbocycles. The Morgan fingerprint density at radius 2 is 1.58 bits per heavy atom. The molecule has 2 aromatic carbocycles. The molecule has 4 nitrogen and oxygen atoms in total. The van der Waals surface area contributed by atoms with E-state index in [2.05, 4.69) is 5.32 Å². The maximum absolute atomic E-state index is 13.4. The molecule has 0 aliphatic rings. The second-order valence-corrected chi connectivity index (χ2v) is 7.81. The molecule has 0 bridgehead atoms. The van der Waals surface area contributed by atoms with Crippen LogP contribution in [0.4, 0.5) is 5.69 Å². The van der Waals surface area contributed by atoms with Crippen LogP contribution in [0.15, 0.2) is 48.5 Å². The van der Waals surface area contributed by atoms with Crippen LogP contribution >= 0.6 is 7.60 Å². The maximum Gasteiger partial charge on any atom is 0.357 e. The quantitative estimate of drug-likeness (QED) is 0.624. The van der Waals surface area contributed by atoms with Crippen LogP contribution in [0.5, 0.6) is 0 Å². The van der Waals surface area contributed by atoms with Crippen molar-refractivity contribution in [3.63, 3.8) is 0 Å². The van der Waals surface area contributed by atoms with E-state index in [-0.39, 0.29) is 0 Å². The molecule has 24 heavy (non-hydrogen) atoms. The molecule has 0 heterocycles. The molecule has 0 aliphatic heterocycles. The molecule has 0 saturated heterocycles. The molecule has 0 radical (unpaired) electrons. The van der Waals surface area contributed by atoms with Gasteiger partial charge in [0.05, 0.1) is 13.2 Å². The maximum atomic E-state index is 13.4. The Labute approximate surface area is 144 Å². The number of nitrogens with one attached hydrogen (secondary N) is 1. The Kier molecular flexibility index (Phi) is 6.61. The molecule has 0 aromatic heterocycles. The van der Waals surface area contributed by atoms with E-state index < -0.39 is 13.4 Å². The SMILES string of the molecule is CCOP(=O)(OCC)C(Nc1cccc(C)c1)c1ccc(C)cc1. The number of benzene rings is 2. The van der Waals surface area contributed by atoms with Gasteiger partial charge in [-0.3, -0.25) is 4.57 Å². The summed E-state index contributed by atoms with van der Waals surface area (Å²) >= 11 is 0. The van der Waals surface area contributed by atoms with Gasteiger partial charge in [-0.25, -0.2) is 0 Å². The van der Waals surface area contributed by atoms with Crippen LogP contribution in [0.3, 0.4) is 0 Å². The first-order chi connectivity index (χ1) is 11.5. The van der Waals surface area contributed by atoms with Crippen molar-refractivity contribution in [3.05, 3.63) is 65.2 Å². The van der Waals surface area contributed by atoms with Gasteiger partial charge in [0.25, 0.3) is 0 Å². The smallest absolute Gasteiger partial charge is 0.357 e. The highest BCUT2D eigenvalue weighted by Crippen LogP contribution is 2.60. The van der Waals surface area contributed by atoms with E-state index >= 15 is 0 Å². The van der Waals surface area contributed by atoms with E-state index in [1.165, 1.54) is 0 Å². The highest BCUT2D eigenvalue weighted by Gasteiger charge is 2.37. The van der Waals surface area contributed by atoms with Gasteiger partial charge in [-0.1, -0.05) is 42.0 Å². The van der Waals surface area contributed by atoms with Crippen molar-refractivity contribution in [2.45, 2.75) is 33.5 Å². The van der Waals surface area contributed by atoms with Crippen LogP contribution in [0, 0.1) is 13.8 Å². The third kappa shape index (κ3) is 4.70. The fourth-order valence-corrected chi connectivity index (χ4v) is 4.47. The van der Waals surface area contributed by atoms with Crippen molar-refractivity contribution < 1.29 is 13.6 Å². The van der Waals surface area contributed by atoms with Crippen LogP contribution in [-0.2, 0) is 13.6 Å². The molecule has 1 unspecified atom stereocenters. The topological polar surface area (TPSA) is 47.6 Å². The zero-order valence-electron chi connectivity index (χ0n) is 14.8. The fraction of sp³-hybridized carbons (Fsp3) is 0.368. The Balaban J connectivity index is 2.43. The third-order valence-corrected chi connectivity index (χ3v) is 5.94. The Morgan fingerprint density at radius 1 is 0.958 bits per heavy atom. The van der Waals surface area contributed by atoms with E-state index in [0.29, 0.717) is 13.2 Å². The van der Waals surface area contributed by atoms with Gasteiger partial charge >= 0.3 is 7.60 Å². The van der Waals surface area contributed by atoms with E-state index in [0.717, 1.165) is 22.4 Å². The third-order valence-electron chi connectivity index (χ3n) is 3.65. The molecule has 2 rings (SSSR count). The molecule has 2 aromatic rings. The first-order valence-corrected chi connectivity index (χ1v) is 9.88. The molecule has 0 amide bonds. The molecule has 1 N–H and O–H groups in total. The second kappa shape index (κ2) is 8.48. The van der Waals surface area contributed by atoms with Gasteiger partial charge < -0.3 is 14.4 Å². The molecular formula is C19H26NO3P. The van der Waals surface area contributed by atoms with Crippen molar-refractivity contribution in [3.8, 4) is 0 Å². The molecular weight excluding hydrogens is 321 g/mol. The molecule has 1 atom stereocenters. The average molecular weight is 347 g/mol.